The topological polar surface area (TPSA) is 166 Å². The molecule has 0 aliphatic carbocycles. The molecule has 0 bridgehead atoms. The van der Waals surface area contributed by atoms with Gasteiger partial charge in [0.1, 0.15) is 29.6 Å². The highest BCUT2D eigenvalue weighted by Gasteiger charge is 2.56. The quantitative estimate of drug-likeness (QED) is 0.321. The summed E-state index contributed by atoms with van der Waals surface area (Å²) < 4.78 is 5.18. The summed E-state index contributed by atoms with van der Waals surface area (Å²) in [6.07, 6.45) is -6.21. The van der Waals surface area contributed by atoms with E-state index in [1.807, 2.05) is 0 Å². The second-order valence-electron chi connectivity index (χ2n) is 6.27. The van der Waals surface area contributed by atoms with Gasteiger partial charge in [0.25, 0.3) is 0 Å². The zero-order chi connectivity index (χ0) is 18.8. The number of hydrogen-bond donors (Lipinski definition) is 7. The summed E-state index contributed by atoms with van der Waals surface area (Å²) in [6, 6.07) is 5.24. The summed E-state index contributed by atoms with van der Waals surface area (Å²) in [5.41, 5.74) is 4.95. The highest BCUT2D eigenvalue weighted by molar-refractivity contribution is 5.74. The van der Waals surface area contributed by atoms with E-state index in [2.05, 4.69) is 5.32 Å². The first-order chi connectivity index (χ1) is 11.7. The standard InChI is InChI=1S/C16H24N2O7/c1-8(20)18-16(6-11(17)9-2-4-10(21)5-3-9)14(23)13(22)12(7-19)25-15(16)24/h2-5,11-15,19,21-24H,6-7,17H2,1H3,(H,18,20)/t11?,12-,13-,14+,15-,16-/m1/s1. The van der Waals surface area contributed by atoms with Crippen LogP contribution in [0.4, 0.5) is 0 Å². The molecule has 9 nitrogen and oxygen atoms in total. The Morgan fingerprint density at radius 2 is 1.92 bits per heavy atom. The van der Waals surface area contributed by atoms with Gasteiger partial charge < -0.3 is 41.3 Å². The number of hydrogen-bond acceptors (Lipinski definition) is 8. The van der Waals surface area contributed by atoms with Crippen LogP contribution in [0, 0.1) is 0 Å². The predicted molar refractivity (Wildman–Crippen MR) is 86.2 cm³/mol. The molecule has 9 heteroatoms. The van der Waals surface area contributed by atoms with Crippen LogP contribution in [0.5, 0.6) is 5.75 Å². The van der Waals surface area contributed by atoms with E-state index in [4.69, 9.17) is 10.5 Å². The molecule has 2 rings (SSSR count). The molecule has 1 aromatic carbocycles. The molecule has 0 aromatic heterocycles. The normalized spacial score (nSPS) is 33.7. The van der Waals surface area contributed by atoms with Gasteiger partial charge in [0.05, 0.1) is 6.61 Å². The Bertz CT molecular complexity index is 597. The van der Waals surface area contributed by atoms with Gasteiger partial charge in [0.15, 0.2) is 6.29 Å². The van der Waals surface area contributed by atoms with Crippen molar-refractivity contribution in [1.29, 1.82) is 0 Å². The van der Waals surface area contributed by atoms with E-state index >= 15 is 0 Å². The molecular formula is C16H24N2O7. The van der Waals surface area contributed by atoms with Crippen LogP contribution in [0.25, 0.3) is 0 Å². The van der Waals surface area contributed by atoms with E-state index < -0.39 is 48.7 Å². The molecule has 0 radical (unpaired) electrons. The third kappa shape index (κ3) is 3.92. The number of ether oxygens (including phenoxy) is 1. The van der Waals surface area contributed by atoms with Crippen molar-refractivity contribution >= 4 is 5.91 Å². The smallest absolute Gasteiger partial charge is 0.217 e. The fourth-order valence-electron chi connectivity index (χ4n) is 3.11. The van der Waals surface area contributed by atoms with E-state index in [0.29, 0.717) is 5.56 Å². The Morgan fingerprint density at radius 1 is 1.32 bits per heavy atom. The van der Waals surface area contributed by atoms with Crippen molar-refractivity contribution in [2.24, 2.45) is 5.73 Å². The maximum absolute atomic E-state index is 11.6. The Balaban J connectivity index is 2.33. The van der Waals surface area contributed by atoms with Gasteiger partial charge in [-0.15, -0.1) is 0 Å². The van der Waals surface area contributed by atoms with Crippen molar-refractivity contribution in [3.8, 4) is 5.75 Å². The van der Waals surface area contributed by atoms with E-state index in [-0.39, 0.29) is 12.2 Å². The van der Waals surface area contributed by atoms with Crippen LogP contribution >= 0.6 is 0 Å². The fourth-order valence-corrected chi connectivity index (χ4v) is 3.11. The molecule has 8 N–H and O–H groups in total. The van der Waals surface area contributed by atoms with Crippen LogP contribution in [0.15, 0.2) is 24.3 Å². The summed E-state index contributed by atoms with van der Waals surface area (Å²) in [5.74, 6) is -0.510. The average Bonchev–Trinajstić information content (AvgIpc) is 2.56. The monoisotopic (exact) mass is 356 g/mol. The molecule has 1 heterocycles. The molecular weight excluding hydrogens is 332 g/mol. The molecule has 1 aliphatic rings. The first-order valence-corrected chi connectivity index (χ1v) is 7.85. The number of phenols is 1. The summed E-state index contributed by atoms with van der Waals surface area (Å²) >= 11 is 0. The molecule has 0 spiro atoms. The number of phenolic OH excluding ortho intramolecular Hbond substituents is 1. The second-order valence-corrected chi connectivity index (χ2v) is 6.27. The van der Waals surface area contributed by atoms with Crippen molar-refractivity contribution < 1.29 is 35.1 Å². The fraction of sp³-hybridized carbons (Fsp3) is 0.562. The number of carbonyl (C=O) groups excluding carboxylic acids is 1. The molecule has 1 fully saturated rings. The van der Waals surface area contributed by atoms with Crippen molar-refractivity contribution in [2.45, 2.75) is 49.5 Å². The second kappa shape index (κ2) is 7.65. The number of aliphatic hydroxyl groups excluding tert-OH is 4. The Morgan fingerprint density at radius 3 is 2.44 bits per heavy atom. The van der Waals surface area contributed by atoms with E-state index in [1.54, 1.807) is 12.1 Å². The molecule has 25 heavy (non-hydrogen) atoms. The minimum atomic E-state index is -1.77. The lowest BCUT2D eigenvalue weighted by Gasteiger charge is -2.50. The molecule has 1 saturated heterocycles. The molecule has 1 unspecified atom stereocenters. The third-order valence-corrected chi connectivity index (χ3v) is 4.44. The van der Waals surface area contributed by atoms with Crippen molar-refractivity contribution in [3.05, 3.63) is 29.8 Å². The van der Waals surface area contributed by atoms with Crippen LogP contribution in [0.1, 0.15) is 24.9 Å². The van der Waals surface area contributed by atoms with Crippen LogP contribution in [0.2, 0.25) is 0 Å². The number of aromatic hydroxyl groups is 1. The molecule has 0 saturated carbocycles. The van der Waals surface area contributed by atoms with Crippen LogP contribution < -0.4 is 11.1 Å². The first-order valence-electron chi connectivity index (χ1n) is 7.85. The minimum Gasteiger partial charge on any atom is -0.508 e. The molecule has 1 amide bonds. The predicted octanol–water partition coefficient (Wildman–Crippen LogP) is -1.91. The van der Waals surface area contributed by atoms with Gasteiger partial charge in [-0.2, -0.15) is 0 Å². The number of carbonyl (C=O) groups is 1. The first kappa shape index (κ1) is 19.6. The summed E-state index contributed by atoms with van der Waals surface area (Å²) in [5, 5.41) is 52.1. The van der Waals surface area contributed by atoms with Gasteiger partial charge in [0.2, 0.25) is 5.91 Å². The third-order valence-electron chi connectivity index (χ3n) is 4.44. The van der Waals surface area contributed by atoms with Gasteiger partial charge in [-0.05, 0) is 24.1 Å². The van der Waals surface area contributed by atoms with Gasteiger partial charge >= 0.3 is 0 Å². The summed E-state index contributed by atoms with van der Waals surface area (Å²) in [4.78, 5) is 11.6. The lowest BCUT2D eigenvalue weighted by molar-refractivity contribution is -0.286. The maximum atomic E-state index is 11.6. The zero-order valence-electron chi connectivity index (χ0n) is 13.7. The largest absolute Gasteiger partial charge is 0.508 e. The van der Waals surface area contributed by atoms with Gasteiger partial charge in [-0.3, -0.25) is 4.79 Å². The number of nitrogens with one attached hydrogen (secondary N) is 1. The summed E-state index contributed by atoms with van der Waals surface area (Å²) in [6.45, 7) is 0.577. The lowest BCUT2D eigenvalue weighted by Crippen LogP contribution is -2.73. The summed E-state index contributed by atoms with van der Waals surface area (Å²) in [7, 11) is 0. The highest BCUT2D eigenvalue weighted by atomic mass is 16.6. The van der Waals surface area contributed by atoms with Crippen molar-refractivity contribution in [3.63, 3.8) is 0 Å². The van der Waals surface area contributed by atoms with Gasteiger partial charge in [-0.25, -0.2) is 0 Å². The highest BCUT2D eigenvalue weighted by Crippen LogP contribution is 2.35. The lowest BCUT2D eigenvalue weighted by atomic mass is 9.77. The molecule has 1 aromatic rings. The zero-order valence-corrected chi connectivity index (χ0v) is 13.7. The van der Waals surface area contributed by atoms with Crippen LogP contribution in [-0.2, 0) is 9.53 Å². The number of rotatable bonds is 5. The maximum Gasteiger partial charge on any atom is 0.217 e. The van der Waals surface area contributed by atoms with Crippen LogP contribution in [0.3, 0.4) is 0 Å². The number of nitrogens with two attached hydrogens (primary N) is 1. The van der Waals surface area contributed by atoms with E-state index in [0.717, 1.165) is 0 Å². The van der Waals surface area contributed by atoms with Gasteiger partial charge in [0, 0.05) is 13.0 Å². The van der Waals surface area contributed by atoms with Gasteiger partial charge in [-0.1, -0.05) is 12.1 Å². The van der Waals surface area contributed by atoms with E-state index in [1.165, 1.54) is 19.1 Å². The van der Waals surface area contributed by atoms with E-state index in [9.17, 15) is 30.3 Å². The molecule has 6 atom stereocenters. The number of benzene rings is 1. The SMILES string of the molecule is CC(=O)N[C@@]1(CC(N)c2ccc(O)cc2)[C@H](O)O[C@H](CO)[C@@H](O)[C@@H]1O. The molecule has 140 valence electrons. The molecule has 1 aliphatic heterocycles. The number of amides is 1. The Kier molecular flexibility index (Phi) is 5.99. The average molecular weight is 356 g/mol. The Hall–Kier alpha value is -1.75. The Labute approximate surface area is 144 Å². The van der Waals surface area contributed by atoms with Crippen molar-refractivity contribution in [1.82, 2.24) is 5.32 Å². The minimum absolute atomic E-state index is 0.0507. The van der Waals surface area contributed by atoms with Crippen LogP contribution in [-0.4, -0.2) is 68.2 Å². The number of aliphatic hydroxyl groups is 4. The van der Waals surface area contributed by atoms with Crippen molar-refractivity contribution in [2.75, 3.05) is 6.61 Å².